The molecule has 1 amide bonds. The van der Waals surface area contributed by atoms with Crippen molar-refractivity contribution in [2.75, 3.05) is 37.6 Å². The van der Waals surface area contributed by atoms with Gasteiger partial charge in [-0.05, 0) is 18.6 Å². The van der Waals surface area contributed by atoms with E-state index >= 15 is 0 Å². The first-order valence-corrected chi connectivity index (χ1v) is 7.39. The fraction of sp³-hybridized carbons (Fsp3) is 0.400. The van der Waals surface area contributed by atoms with E-state index in [0.717, 1.165) is 38.3 Å². The molecule has 2 heterocycles. The molecule has 1 aromatic rings. The molecule has 0 aliphatic carbocycles. The topological polar surface area (TPSA) is 78.7 Å². The zero-order valence-electron chi connectivity index (χ0n) is 12.2. The molecule has 1 aromatic carbocycles. The lowest BCUT2D eigenvalue weighted by Crippen LogP contribution is -2.48. The maximum Gasteiger partial charge on any atom is 0.274 e. The zero-order chi connectivity index (χ0) is 15.5. The van der Waals surface area contributed by atoms with Gasteiger partial charge in [-0.3, -0.25) is 14.9 Å². The smallest absolute Gasteiger partial charge is 0.274 e. The van der Waals surface area contributed by atoms with Crippen LogP contribution in [-0.4, -0.2) is 48.5 Å². The number of carbonyl (C=O) groups excluding carboxylic acids is 1. The summed E-state index contributed by atoms with van der Waals surface area (Å²) in [6, 6.07) is 6.14. The van der Waals surface area contributed by atoms with E-state index in [1.807, 2.05) is 6.08 Å². The monoisotopic (exact) mass is 302 g/mol. The highest BCUT2D eigenvalue weighted by molar-refractivity contribution is 6.06. The van der Waals surface area contributed by atoms with Crippen molar-refractivity contribution in [2.45, 2.75) is 6.42 Å². The summed E-state index contributed by atoms with van der Waals surface area (Å²) in [5.41, 5.74) is 1.48. The van der Waals surface area contributed by atoms with E-state index in [9.17, 15) is 14.9 Å². The first-order valence-electron chi connectivity index (χ1n) is 7.39. The molecule has 2 aliphatic rings. The summed E-state index contributed by atoms with van der Waals surface area (Å²) in [5.74, 6) is -0.0259. The third-order valence-corrected chi connectivity index (χ3v) is 3.98. The van der Waals surface area contributed by atoms with Crippen molar-refractivity contribution in [1.29, 1.82) is 0 Å². The summed E-state index contributed by atoms with van der Waals surface area (Å²) in [6.45, 7) is 4.01. The van der Waals surface area contributed by atoms with Gasteiger partial charge in [0.25, 0.3) is 11.6 Å². The Morgan fingerprint density at radius 2 is 1.77 bits per heavy atom. The predicted octanol–water partition coefficient (Wildman–Crippen LogP) is 1.12. The molecule has 0 radical (unpaired) electrons. The molecule has 7 heteroatoms. The van der Waals surface area contributed by atoms with Gasteiger partial charge in [0, 0.05) is 50.5 Å². The number of benzene rings is 1. The lowest BCUT2D eigenvalue weighted by Gasteiger charge is -2.36. The van der Waals surface area contributed by atoms with Crippen LogP contribution < -0.4 is 10.2 Å². The first-order chi connectivity index (χ1) is 10.7. The molecule has 0 unspecified atom stereocenters. The molecule has 22 heavy (non-hydrogen) atoms. The van der Waals surface area contributed by atoms with Gasteiger partial charge in [0.05, 0.1) is 10.6 Å². The van der Waals surface area contributed by atoms with Gasteiger partial charge in [-0.2, -0.15) is 0 Å². The van der Waals surface area contributed by atoms with Crippen molar-refractivity contribution in [1.82, 2.24) is 10.2 Å². The summed E-state index contributed by atoms with van der Waals surface area (Å²) in [6.07, 6.45) is 2.79. The van der Waals surface area contributed by atoms with Crippen molar-refractivity contribution in [3.63, 3.8) is 0 Å². The summed E-state index contributed by atoms with van der Waals surface area (Å²) >= 11 is 0. The number of hydrogen-bond acceptors (Lipinski definition) is 5. The van der Waals surface area contributed by atoms with Crippen molar-refractivity contribution >= 4 is 17.3 Å². The number of rotatable bonds is 3. The number of nitro benzene ring substituents is 1. The largest absolute Gasteiger partial charge is 0.365 e. The molecule has 2 aliphatic heterocycles. The minimum atomic E-state index is -0.437. The average Bonchev–Trinajstić information content (AvgIpc) is 2.56. The van der Waals surface area contributed by atoms with Gasteiger partial charge >= 0.3 is 0 Å². The third kappa shape index (κ3) is 2.80. The Bertz CT molecular complexity index is 606. The Kier molecular flexibility index (Phi) is 4.06. The molecule has 0 saturated carbocycles. The van der Waals surface area contributed by atoms with Gasteiger partial charge in [-0.1, -0.05) is 6.08 Å². The SMILES string of the molecule is O=C1C(N2CCNCC2)=CCCN1c1ccc([N+](=O)[O-])cc1. The second-order valence-corrected chi connectivity index (χ2v) is 5.35. The van der Waals surface area contributed by atoms with Crippen LogP contribution in [0.2, 0.25) is 0 Å². The average molecular weight is 302 g/mol. The fourth-order valence-corrected chi connectivity index (χ4v) is 2.83. The molecule has 1 N–H and O–H groups in total. The van der Waals surface area contributed by atoms with E-state index in [-0.39, 0.29) is 11.6 Å². The first kappa shape index (κ1) is 14.5. The molecule has 1 saturated heterocycles. The minimum absolute atomic E-state index is 0.0259. The Labute approximate surface area is 128 Å². The van der Waals surface area contributed by atoms with Gasteiger partial charge in [-0.15, -0.1) is 0 Å². The third-order valence-electron chi connectivity index (χ3n) is 3.98. The predicted molar refractivity (Wildman–Crippen MR) is 82.6 cm³/mol. The molecule has 3 rings (SSSR count). The normalized spacial score (nSPS) is 19.1. The molecule has 0 atom stereocenters. The highest BCUT2D eigenvalue weighted by Crippen LogP contribution is 2.25. The number of anilines is 1. The molecule has 7 nitrogen and oxygen atoms in total. The van der Waals surface area contributed by atoms with Gasteiger partial charge < -0.3 is 15.1 Å². The van der Waals surface area contributed by atoms with E-state index in [0.29, 0.717) is 12.2 Å². The summed E-state index contributed by atoms with van der Waals surface area (Å²) in [4.78, 5) is 26.8. The molecule has 116 valence electrons. The van der Waals surface area contributed by atoms with Crippen LogP contribution >= 0.6 is 0 Å². The standard InChI is InChI=1S/C15H18N4O3/c20-15-14(17-10-7-16-8-11-17)2-1-9-18(15)12-3-5-13(6-4-12)19(21)22/h2-6,16H,1,7-11H2. The number of carbonyl (C=O) groups is 1. The van der Waals surface area contributed by atoms with Crippen molar-refractivity contribution < 1.29 is 9.72 Å². The van der Waals surface area contributed by atoms with E-state index in [1.165, 1.54) is 12.1 Å². The Balaban J connectivity index is 1.79. The summed E-state index contributed by atoms with van der Waals surface area (Å²) in [5, 5.41) is 14.0. The van der Waals surface area contributed by atoms with E-state index in [1.54, 1.807) is 17.0 Å². The quantitative estimate of drug-likeness (QED) is 0.668. The number of piperazine rings is 1. The summed E-state index contributed by atoms with van der Waals surface area (Å²) < 4.78 is 0. The van der Waals surface area contributed by atoms with Crippen molar-refractivity contribution in [2.24, 2.45) is 0 Å². The van der Waals surface area contributed by atoms with Crippen LogP contribution in [0.1, 0.15) is 6.42 Å². The van der Waals surface area contributed by atoms with Crippen molar-refractivity contribution in [3.8, 4) is 0 Å². The van der Waals surface area contributed by atoms with Crippen LogP contribution in [0.15, 0.2) is 36.0 Å². The van der Waals surface area contributed by atoms with Crippen molar-refractivity contribution in [3.05, 3.63) is 46.2 Å². The second kappa shape index (κ2) is 6.15. The summed E-state index contributed by atoms with van der Waals surface area (Å²) in [7, 11) is 0. The number of non-ortho nitro benzene ring substituents is 1. The maximum atomic E-state index is 12.7. The maximum absolute atomic E-state index is 12.7. The minimum Gasteiger partial charge on any atom is -0.365 e. The van der Waals surface area contributed by atoms with Gasteiger partial charge in [0.1, 0.15) is 0 Å². The van der Waals surface area contributed by atoms with Crippen LogP contribution in [0.3, 0.4) is 0 Å². The highest BCUT2D eigenvalue weighted by atomic mass is 16.6. The molecule has 1 fully saturated rings. The van der Waals surface area contributed by atoms with Crippen LogP contribution in [0.4, 0.5) is 11.4 Å². The molecule has 0 aromatic heterocycles. The Morgan fingerprint density at radius 3 is 2.41 bits per heavy atom. The molecule has 0 spiro atoms. The Hall–Kier alpha value is -2.41. The van der Waals surface area contributed by atoms with Crippen LogP contribution in [-0.2, 0) is 4.79 Å². The van der Waals surface area contributed by atoms with Gasteiger partial charge in [0.2, 0.25) is 0 Å². The molecule has 0 bridgehead atoms. The molecular weight excluding hydrogens is 284 g/mol. The van der Waals surface area contributed by atoms with Crippen LogP contribution in [0, 0.1) is 10.1 Å². The number of nitrogens with zero attached hydrogens (tertiary/aromatic N) is 3. The number of amides is 1. The second-order valence-electron chi connectivity index (χ2n) is 5.35. The van der Waals surface area contributed by atoms with Crippen LogP contribution in [0.25, 0.3) is 0 Å². The van der Waals surface area contributed by atoms with E-state index in [4.69, 9.17) is 0 Å². The number of nitrogens with one attached hydrogen (secondary N) is 1. The lowest BCUT2D eigenvalue weighted by molar-refractivity contribution is -0.384. The zero-order valence-corrected chi connectivity index (χ0v) is 12.2. The fourth-order valence-electron chi connectivity index (χ4n) is 2.83. The van der Waals surface area contributed by atoms with E-state index < -0.39 is 4.92 Å². The molecular formula is C15H18N4O3. The highest BCUT2D eigenvalue weighted by Gasteiger charge is 2.28. The lowest BCUT2D eigenvalue weighted by atomic mass is 10.1. The number of nitro groups is 1. The van der Waals surface area contributed by atoms with Crippen LogP contribution in [0.5, 0.6) is 0 Å². The van der Waals surface area contributed by atoms with Gasteiger partial charge in [-0.25, -0.2) is 0 Å². The number of hydrogen-bond donors (Lipinski definition) is 1. The Morgan fingerprint density at radius 1 is 1.09 bits per heavy atom. The van der Waals surface area contributed by atoms with Gasteiger partial charge in [0.15, 0.2) is 0 Å². The van der Waals surface area contributed by atoms with E-state index in [2.05, 4.69) is 10.2 Å².